The van der Waals surface area contributed by atoms with Crippen LogP contribution in [-0.4, -0.2) is 45.2 Å². The maximum atomic E-state index is 13.8. The third-order valence-corrected chi connectivity index (χ3v) is 6.16. The number of thiazole rings is 1. The summed E-state index contributed by atoms with van der Waals surface area (Å²) in [7, 11) is 0. The number of H-pyrrole nitrogens is 1. The molecule has 9 heteroatoms. The predicted octanol–water partition coefficient (Wildman–Crippen LogP) is 4.65. The number of nitrogens with zero attached hydrogens (tertiary/aromatic N) is 3. The Kier molecular flexibility index (Phi) is 5.11. The minimum atomic E-state index is -0.698. The van der Waals surface area contributed by atoms with Gasteiger partial charge in [0.1, 0.15) is 23.1 Å². The highest BCUT2D eigenvalue weighted by Gasteiger charge is 2.27. The maximum absolute atomic E-state index is 13.8. The lowest BCUT2D eigenvalue weighted by molar-refractivity contribution is 0.0590. The summed E-state index contributed by atoms with van der Waals surface area (Å²) < 4.78 is 33.5. The van der Waals surface area contributed by atoms with Gasteiger partial charge in [0, 0.05) is 37.6 Å². The third kappa shape index (κ3) is 4.00. The Morgan fingerprint density at radius 2 is 1.90 bits per heavy atom. The molecule has 158 valence electrons. The lowest BCUT2D eigenvalue weighted by Crippen LogP contribution is -2.41. The van der Waals surface area contributed by atoms with Gasteiger partial charge in [0.2, 0.25) is 0 Å². The number of fused-ring (bicyclic) bond motifs is 1. The highest BCUT2D eigenvalue weighted by Crippen LogP contribution is 2.32. The van der Waals surface area contributed by atoms with E-state index < -0.39 is 11.6 Å². The Hall–Kier alpha value is -3.33. The molecule has 1 fully saturated rings. The fraction of sp³-hybridized carbons (Fsp3) is 0.227. The molecule has 0 aliphatic carbocycles. The molecule has 1 N–H and O–H groups in total. The lowest BCUT2D eigenvalue weighted by Gasteiger charge is -2.31. The number of hydrogen-bond donors (Lipinski definition) is 1. The summed E-state index contributed by atoms with van der Waals surface area (Å²) in [5, 5.41) is 7.39. The van der Waals surface area contributed by atoms with Crippen molar-refractivity contribution in [2.45, 2.75) is 18.9 Å². The smallest absolute Gasteiger partial charge is 0.274 e. The van der Waals surface area contributed by atoms with Gasteiger partial charge < -0.3 is 9.64 Å². The number of aromatic nitrogens is 3. The molecule has 5 rings (SSSR count). The molecular weight excluding hydrogens is 422 g/mol. The van der Waals surface area contributed by atoms with Gasteiger partial charge in [0.25, 0.3) is 11.1 Å². The molecule has 0 saturated carbocycles. The molecule has 6 nitrogen and oxygen atoms in total. The average molecular weight is 440 g/mol. The maximum Gasteiger partial charge on any atom is 0.274 e. The molecule has 0 spiro atoms. The largest absolute Gasteiger partial charge is 0.467 e. The van der Waals surface area contributed by atoms with Crippen molar-refractivity contribution in [1.82, 2.24) is 20.1 Å². The zero-order chi connectivity index (χ0) is 21.4. The zero-order valence-electron chi connectivity index (χ0n) is 16.3. The van der Waals surface area contributed by atoms with Gasteiger partial charge in [-0.25, -0.2) is 8.78 Å². The highest BCUT2D eigenvalue weighted by atomic mass is 32.1. The molecule has 0 radical (unpaired) electrons. The van der Waals surface area contributed by atoms with E-state index >= 15 is 0 Å². The van der Waals surface area contributed by atoms with Crippen LogP contribution in [0.2, 0.25) is 0 Å². The summed E-state index contributed by atoms with van der Waals surface area (Å²) in [5.41, 5.74) is 2.23. The number of likely N-dealkylation sites (tertiary alicyclic amines) is 1. The molecule has 31 heavy (non-hydrogen) atoms. The van der Waals surface area contributed by atoms with Gasteiger partial charge in [0.05, 0.1) is 10.4 Å². The second-order valence-corrected chi connectivity index (χ2v) is 8.35. The summed E-state index contributed by atoms with van der Waals surface area (Å²) in [5.74, 6) is -1.44. The Bertz CT molecular complexity index is 1230. The Morgan fingerprint density at radius 1 is 1.13 bits per heavy atom. The van der Waals surface area contributed by atoms with Crippen LogP contribution in [0.4, 0.5) is 8.78 Å². The average Bonchev–Trinajstić information content (AvgIpc) is 3.42. The quantitative estimate of drug-likeness (QED) is 0.502. The summed E-state index contributed by atoms with van der Waals surface area (Å²) in [6.07, 6.45) is 1.11. The minimum absolute atomic E-state index is 0.106. The van der Waals surface area contributed by atoms with Crippen LogP contribution in [0.25, 0.3) is 21.5 Å². The molecule has 0 atom stereocenters. The van der Waals surface area contributed by atoms with Crippen molar-refractivity contribution in [3.8, 4) is 16.5 Å². The van der Waals surface area contributed by atoms with E-state index in [2.05, 4.69) is 15.2 Å². The molecule has 1 aliphatic heterocycles. The summed E-state index contributed by atoms with van der Waals surface area (Å²) in [6, 6.07) is 13.5. The number of benzene rings is 2. The van der Waals surface area contributed by atoms with Crippen molar-refractivity contribution in [1.29, 1.82) is 0 Å². The number of ether oxygens (including phenoxy) is 1. The number of halogens is 2. The molecule has 1 amide bonds. The van der Waals surface area contributed by atoms with Crippen LogP contribution < -0.4 is 4.74 Å². The van der Waals surface area contributed by atoms with Crippen molar-refractivity contribution in [3.63, 3.8) is 0 Å². The normalized spacial score (nSPS) is 14.8. The standard InChI is InChI=1S/C22H18F2N4O2S/c23-14-10-16(24)20-19(11-14)31-22(25-20)30-15-6-8-28(9-7-15)21(29)18-12-17(26-27-18)13-4-2-1-3-5-13/h1-5,10-12,15H,6-9H2,(H,26,27). The van der Waals surface area contributed by atoms with Crippen LogP contribution in [0.5, 0.6) is 5.19 Å². The monoisotopic (exact) mass is 440 g/mol. The zero-order valence-corrected chi connectivity index (χ0v) is 17.2. The summed E-state index contributed by atoms with van der Waals surface area (Å²) in [6.45, 7) is 1.05. The second-order valence-electron chi connectivity index (χ2n) is 7.36. The van der Waals surface area contributed by atoms with E-state index in [-0.39, 0.29) is 17.5 Å². The van der Waals surface area contributed by atoms with Gasteiger partial charge in [-0.05, 0) is 12.1 Å². The predicted molar refractivity (Wildman–Crippen MR) is 113 cm³/mol. The summed E-state index contributed by atoms with van der Waals surface area (Å²) >= 11 is 1.12. The molecule has 1 aliphatic rings. The fourth-order valence-electron chi connectivity index (χ4n) is 3.66. The number of aromatic amines is 1. The fourth-order valence-corrected chi connectivity index (χ4v) is 4.59. The number of amides is 1. The van der Waals surface area contributed by atoms with Crippen molar-refractivity contribution in [2.75, 3.05) is 13.1 Å². The van der Waals surface area contributed by atoms with Gasteiger partial charge >= 0.3 is 0 Å². The van der Waals surface area contributed by atoms with Gasteiger partial charge in [0.15, 0.2) is 5.82 Å². The van der Waals surface area contributed by atoms with E-state index in [0.717, 1.165) is 28.7 Å². The van der Waals surface area contributed by atoms with E-state index in [1.54, 1.807) is 11.0 Å². The number of carbonyl (C=O) groups is 1. The number of hydrogen-bond acceptors (Lipinski definition) is 5. The number of piperidine rings is 1. The van der Waals surface area contributed by atoms with Crippen LogP contribution >= 0.6 is 11.3 Å². The van der Waals surface area contributed by atoms with E-state index in [0.29, 0.717) is 41.5 Å². The van der Waals surface area contributed by atoms with Crippen LogP contribution in [0.3, 0.4) is 0 Å². The molecule has 2 aromatic carbocycles. The summed E-state index contributed by atoms with van der Waals surface area (Å²) in [4.78, 5) is 18.7. The first-order valence-electron chi connectivity index (χ1n) is 9.89. The molecule has 1 saturated heterocycles. The van der Waals surface area contributed by atoms with Crippen LogP contribution in [0.15, 0.2) is 48.5 Å². The van der Waals surface area contributed by atoms with Crippen LogP contribution in [0, 0.1) is 11.6 Å². The Balaban J connectivity index is 1.21. The third-order valence-electron chi connectivity index (χ3n) is 5.27. The second kappa shape index (κ2) is 8.07. The molecule has 0 bridgehead atoms. The SMILES string of the molecule is O=C(c1cc(-c2ccccc2)n[nH]1)N1CCC(Oc2nc3c(F)cc(F)cc3s2)CC1. The Morgan fingerprint density at radius 3 is 2.68 bits per heavy atom. The van der Waals surface area contributed by atoms with E-state index in [9.17, 15) is 13.6 Å². The van der Waals surface area contributed by atoms with Gasteiger partial charge in [-0.2, -0.15) is 10.1 Å². The van der Waals surface area contributed by atoms with E-state index in [1.807, 2.05) is 30.3 Å². The molecule has 4 aromatic rings. The van der Waals surface area contributed by atoms with Crippen LogP contribution in [0.1, 0.15) is 23.3 Å². The minimum Gasteiger partial charge on any atom is -0.467 e. The molecule has 0 unspecified atom stereocenters. The Labute approximate surface area is 180 Å². The highest BCUT2D eigenvalue weighted by molar-refractivity contribution is 7.20. The van der Waals surface area contributed by atoms with E-state index in [1.165, 1.54) is 6.07 Å². The lowest BCUT2D eigenvalue weighted by atomic mass is 10.1. The van der Waals surface area contributed by atoms with Crippen LogP contribution in [-0.2, 0) is 0 Å². The number of nitrogens with one attached hydrogen (secondary N) is 1. The van der Waals surface area contributed by atoms with Gasteiger partial charge in [-0.1, -0.05) is 41.7 Å². The molecular formula is C22H18F2N4O2S. The first kappa shape index (κ1) is 19.6. The topological polar surface area (TPSA) is 71.1 Å². The number of rotatable bonds is 4. The van der Waals surface area contributed by atoms with E-state index in [4.69, 9.17) is 4.74 Å². The van der Waals surface area contributed by atoms with Crippen molar-refractivity contribution in [3.05, 3.63) is 65.9 Å². The molecule has 3 heterocycles. The van der Waals surface area contributed by atoms with Crippen molar-refractivity contribution < 1.29 is 18.3 Å². The number of carbonyl (C=O) groups excluding carboxylic acids is 1. The first-order valence-corrected chi connectivity index (χ1v) is 10.7. The molecule has 2 aromatic heterocycles. The van der Waals surface area contributed by atoms with Crippen molar-refractivity contribution in [2.24, 2.45) is 0 Å². The van der Waals surface area contributed by atoms with Gasteiger partial charge in [-0.3, -0.25) is 9.89 Å². The van der Waals surface area contributed by atoms with Crippen molar-refractivity contribution >= 4 is 27.5 Å². The first-order chi connectivity index (χ1) is 15.1. The van der Waals surface area contributed by atoms with Gasteiger partial charge in [-0.15, -0.1) is 0 Å².